The Kier molecular flexibility index (Phi) is 15.9. The van der Waals surface area contributed by atoms with E-state index in [0.29, 0.717) is 5.56 Å². The van der Waals surface area contributed by atoms with E-state index in [9.17, 15) is 34.2 Å². The number of amides is 3. The van der Waals surface area contributed by atoms with Gasteiger partial charge in [0, 0.05) is 30.6 Å². The molecule has 0 aromatic carbocycles. The van der Waals surface area contributed by atoms with Gasteiger partial charge in [-0.05, 0) is 18.6 Å². The van der Waals surface area contributed by atoms with Crippen molar-refractivity contribution >= 4 is 42.3 Å². The molecular formula is C16H21CoN5O7S. The third-order valence-corrected chi connectivity index (χ3v) is 3.54. The Morgan fingerprint density at radius 2 is 1.83 bits per heavy atom. The van der Waals surface area contributed by atoms with Crippen LogP contribution in [0.3, 0.4) is 0 Å². The molecule has 30 heavy (non-hydrogen) atoms. The number of aliphatic carboxylic acids is 2. The minimum atomic E-state index is -1.48. The first-order chi connectivity index (χ1) is 13.6. The van der Waals surface area contributed by atoms with Crippen molar-refractivity contribution in [2.45, 2.75) is 24.9 Å². The largest absolute Gasteiger partial charge is 2.00 e. The predicted octanol–water partition coefficient (Wildman–Crippen LogP) is -4.70. The van der Waals surface area contributed by atoms with E-state index < -0.39 is 48.3 Å². The minimum absolute atomic E-state index is 0. The number of rotatable bonds is 10. The number of nitrogens with two attached hydrogens (primary N) is 2. The molecule has 1 aromatic heterocycles. The Morgan fingerprint density at radius 3 is 2.23 bits per heavy atom. The van der Waals surface area contributed by atoms with Gasteiger partial charge in [-0.3, -0.25) is 19.4 Å². The molecule has 0 spiro atoms. The normalized spacial score (nSPS) is 11.4. The number of carboxylic acid groups (broad SMARTS) is 2. The molecule has 2 unspecified atom stereocenters. The summed E-state index contributed by atoms with van der Waals surface area (Å²) in [5.41, 5.74) is 10.5. The maximum absolute atomic E-state index is 11.5. The van der Waals surface area contributed by atoms with Crippen molar-refractivity contribution in [3.63, 3.8) is 0 Å². The van der Waals surface area contributed by atoms with Gasteiger partial charge < -0.3 is 41.9 Å². The van der Waals surface area contributed by atoms with E-state index in [1.807, 2.05) is 5.32 Å². The van der Waals surface area contributed by atoms with Crippen LogP contribution in [-0.4, -0.2) is 59.0 Å². The van der Waals surface area contributed by atoms with E-state index in [1.54, 1.807) is 18.3 Å². The summed E-state index contributed by atoms with van der Waals surface area (Å²) in [5.74, 6) is -4.79. The van der Waals surface area contributed by atoms with Gasteiger partial charge in [-0.2, -0.15) is 12.6 Å². The number of primary amides is 1. The van der Waals surface area contributed by atoms with Gasteiger partial charge in [0.15, 0.2) is 0 Å². The third kappa shape index (κ3) is 13.5. The maximum atomic E-state index is 11.5. The van der Waals surface area contributed by atoms with Gasteiger partial charge in [-0.1, -0.05) is 0 Å². The molecule has 3 amide bonds. The fourth-order valence-electron chi connectivity index (χ4n) is 1.66. The van der Waals surface area contributed by atoms with Crippen LogP contribution in [0.25, 0.3) is 0 Å². The van der Waals surface area contributed by atoms with Gasteiger partial charge in [-0.25, -0.2) is 0 Å². The van der Waals surface area contributed by atoms with Gasteiger partial charge in [0.1, 0.15) is 6.04 Å². The van der Waals surface area contributed by atoms with Gasteiger partial charge in [0.05, 0.1) is 24.0 Å². The molecule has 12 nitrogen and oxygen atoms in total. The molecule has 0 aliphatic rings. The number of hydrogen-bond acceptors (Lipinski definition) is 10. The number of nitrogens with zero attached hydrogens (tertiary/aromatic N) is 1. The molecule has 1 aromatic rings. The second kappa shape index (κ2) is 16.2. The fourth-order valence-corrected chi connectivity index (χ4v) is 1.91. The van der Waals surface area contributed by atoms with E-state index >= 15 is 0 Å². The van der Waals surface area contributed by atoms with Crippen molar-refractivity contribution in [1.82, 2.24) is 15.6 Å². The standard InChI is InChI=1S/C10H17N3O6S.C6H6N2O.Co/c11-5(10(18)19)1-2-7(14)13-6(4-20)9(17)12-3-8(15)16;7-6(9)5-2-1-3-8-4-5;/h5-6,20H,1-4,11H2,(H,12,17)(H,13,14)(H,15,16)(H,18,19);1-4H,(H2,7,9);/q;;+2/p-2. The third-order valence-electron chi connectivity index (χ3n) is 3.17. The Morgan fingerprint density at radius 1 is 1.20 bits per heavy atom. The van der Waals surface area contributed by atoms with Gasteiger partial charge >= 0.3 is 16.8 Å². The summed E-state index contributed by atoms with van der Waals surface area (Å²) < 4.78 is 0. The van der Waals surface area contributed by atoms with Crippen molar-refractivity contribution in [3.05, 3.63) is 30.1 Å². The molecule has 167 valence electrons. The van der Waals surface area contributed by atoms with Crippen LogP contribution >= 0.6 is 12.6 Å². The van der Waals surface area contributed by atoms with Crippen LogP contribution < -0.4 is 32.3 Å². The first-order valence-electron chi connectivity index (χ1n) is 8.12. The monoisotopic (exact) mass is 486 g/mol. The molecule has 1 heterocycles. The van der Waals surface area contributed by atoms with E-state index in [4.69, 9.17) is 11.5 Å². The van der Waals surface area contributed by atoms with E-state index in [1.165, 1.54) is 6.20 Å². The average Bonchev–Trinajstić information content (AvgIpc) is 2.69. The van der Waals surface area contributed by atoms with Crippen LogP contribution in [0.15, 0.2) is 24.5 Å². The number of carbonyl (C=O) groups is 5. The van der Waals surface area contributed by atoms with Crippen LogP contribution in [0.1, 0.15) is 23.2 Å². The molecule has 0 saturated heterocycles. The minimum Gasteiger partial charge on any atom is -0.548 e. The fraction of sp³-hybridized carbons (Fsp3) is 0.375. The molecule has 1 radical (unpaired) electrons. The van der Waals surface area contributed by atoms with Gasteiger partial charge in [0.25, 0.3) is 0 Å². The zero-order valence-electron chi connectivity index (χ0n) is 15.5. The van der Waals surface area contributed by atoms with Crippen molar-refractivity contribution in [1.29, 1.82) is 0 Å². The molecular weight excluding hydrogens is 465 g/mol. The zero-order valence-corrected chi connectivity index (χ0v) is 17.5. The van der Waals surface area contributed by atoms with E-state index in [0.717, 1.165) is 0 Å². The summed E-state index contributed by atoms with van der Waals surface area (Å²) in [5, 5.41) is 24.8. The molecule has 2 atom stereocenters. The molecule has 0 aliphatic carbocycles. The molecule has 14 heteroatoms. The molecule has 1 rings (SSSR count). The number of nitrogens with one attached hydrogen (secondary N) is 2. The molecule has 0 aliphatic heterocycles. The topological polar surface area (TPSA) is 220 Å². The van der Waals surface area contributed by atoms with Crippen molar-refractivity contribution < 1.29 is 51.0 Å². The van der Waals surface area contributed by atoms with Crippen molar-refractivity contribution in [2.24, 2.45) is 11.5 Å². The number of hydrogen-bond donors (Lipinski definition) is 5. The number of carboxylic acids is 2. The Hall–Kier alpha value is -2.68. The summed E-state index contributed by atoms with van der Waals surface area (Å²) in [6.45, 7) is -0.686. The number of aromatic nitrogens is 1. The smallest absolute Gasteiger partial charge is 0.548 e. The van der Waals surface area contributed by atoms with Gasteiger partial charge in [0.2, 0.25) is 17.7 Å². The average molecular weight is 486 g/mol. The van der Waals surface area contributed by atoms with Crippen LogP contribution in [0.2, 0.25) is 0 Å². The molecule has 0 saturated carbocycles. The van der Waals surface area contributed by atoms with E-state index in [2.05, 4.69) is 22.9 Å². The Balaban J connectivity index is 0. The summed E-state index contributed by atoms with van der Waals surface area (Å²) in [7, 11) is 0. The SMILES string of the molecule is NC(=O)c1cccnc1.NC(CCC(=O)NC(CS)C(=O)NCC(=O)[O-])C(=O)[O-].[Co+2]. The van der Waals surface area contributed by atoms with Crippen LogP contribution in [-0.2, 0) is 36.0 Å². The first-order valence-corrected chi connectivity index (χ1v) is 8.75. The molecule has 6 N–H and O–H groups in total. The molecule has 0 fully saturated rings. The second-order valence-corrected chi connectivity index (χ2v) is 5.83. The summed E-state index contributed by atoms with van der Waals surface area (Å²) in [6.07, 6.45) is 2.66. The number of carbonyl (C=O) groups excluding carboxylic acids is 5. The quantitative estimate of drug-likeness (QED) is 0.200. The van der Waals surface area contributed by atoms with Crippen LogP contribution in [0.4, 0.5) is 0 Å². The Labute approximate surface area is 187 Å². The maximum Gasteiger partial charge on any atom is 2.00 e. The van der Waals surface area contributed by atoms with Crippen LogP contribution in [0.5, 0.6) is 0 Å². The number of thiol groups is 1. The molecule has 0 bridgehead atoms. The summed E-state index contributed by atoms with van der Waals surface area (Å²) in [6, 6.07) is 0.974. The summed E-state index contributed by atoms with van der Waals surface area (Å²) in [4.78, 5) is 57.5. The first kappa shape index (κ1) is 29.5. The van der Waals surface area contributed by atoms with Crippen molar-refractivity contribution in [2.75, 3.05) is 12.3 Å². The zero-order chi connectivity index (χ0) is 22.4. The van der Waals surface area contributed by atoms with Gasteiger partial charge in [-0.15, -0.1) is 0 Å². The number of pyridine rings is 1. The van der Waals surface area contributed by atoms with E-state index in [-0.39, 0.29) is 35.4 Å². The predicted molar refractivity (Wildman–Crippen MR) is 98.8 cm³/mol. The van der Waals surface area contributed by atoms with Crippen molar-refractivity contribution in [3.8, 4) is 0 Å². The Bertz CT molecular complexity index is 723. The van der Waals surface area contributed by atoms with Crippen LogP contribution in [0, 0.1) is 0 Å². The summed E-state index contributed by atoms with van der Waals surface area (Å²) >= 11 is 3.85. The second-order valence-electron chi connectivity index (χ2n) is 5.46.